The second kappa shape index (κ2) is 10.6. The van der Waals surface area contributed by atoms with Gasteiger partial charge in [-0.2, -0.15) is 5.10 Å². The lowest BCUT2D eigenvalue weighted by molar-refractivity contribution is -0.00545. The molecule has 1 fully saturated rings. The van der Waals surface area contributed by atoms with Crippen LogP contribution in [0.2, 0.25) is 0 Å². The average molecular weight is 499 g/mol. The van der Waals surface area contributed by atoms with Crippen LogP contribution in [0.3, 0.4) is 0 Å². The van der Waals surface area contributed by atoms with Gasteiger partial charge >= 0.3 is 0 Å². The van der Waals surface area contributed by atoms with Gasteiger partial charge in [0.25, 0.3) is 0 Å². The molecule has 2 aromatic rings. The van der Waals surface area contributed by atoms with Crippen LogP contribution in [-0.4, -0.2) is 53.1 Å². The summed E-state index contributed by atoms with van der Waals surface area (Å²) in [5.74, 6) is 1.75. The number of halogens is 1. The number of nitrogens with one attached hydrogen (secondary N) is 2. The van der Waals surface area contributed by atoms with Crippen molar-refractivity contribution < 1.29 is 4.74 Å². The first kappa shape index (κ1) is 22.4. The highest BCUT2D eigenvalue weighted by Crippen LogP contribution is 2.18. The number of anilines is 1. The van der Waals surface area contributed by atoms with Gasteiger partial charge in [0.15, 0.2) is 5.96 Å². The van der Waals surface area contributed by atoms with Crippen molar-refractivity contribution in [1.82, 2.24) is 25.4 Å². The molecule has 3 rings (SSSR count). The maximum absolute atomic E-state index is 5.79. The maximum Gasteiger partial charge on any atom is 0.191 e. The minimum atomic E-state index is 0. The van der Waals surface area contributed by atoms with Crippen molar-refractivity contribution in [3.63, 3.8) is 0 Å². The molecule has 0 aromatic carbocycles. The fraction of sp³-hybridized carbons (Fsp3) is 0.526. The van der Waals surface area contributed by atoms with Gasteiger partial charge in [0.05, 0.1) is 24.4 Å². The van der Waals surface area contributed by atoms with Gasteiger partial charge in [-0.1, -0.05) is 6.07 Å². The Hall–Kier alpha value is -1.88. The number of ether oxygens (including phenoxy) is 1. The third-order valence-corrected chi connectivity index (χ3v) is 4.60. The second-order valence-corrected chi connectivity index (χ2v) is 6.91. The predicted octanol–water partition coefficient (Wildman–Crippen LogP) is 1.91. The van der Waals surface area contributed by atoms with Crippen LogP contribution < -0.4 is 15.5 Å². The van der Waals surface area contributed by atoms with E-state index >= 15 is 0 Å². The van der Waals surface area contributed by atoms with Crippen molar-refractivity contribution >= 4 is 35.8 Å². The lowest BCUT2D eigenvalue weighted by atomic mass is 10.2. The molecule has 154 valence electrons. The number of aryl methyl sites for hydroxylation is 1. The lowest BCUT2D eigenvalue weighted by Crippen LogP contribution is -2.45. The fourth-order valence-corrected chi connectivity index (χ4v) is 3.23. The maximum atomic E-state index is 5.79. The van der Waals surface area contributed by atoms with Crippen molar-refractivity contribution in [1.29, 1.82) is 0 Å². The molecule has 0 bridgehead atoms. The molecule has 0 amide bonds. The Bertz CT molecular complexity index is 752. The highest BCUT2D eigenvalue weighted by atomic mass is 127. The van der Waals surface area contributed by atoms with Crippen molar-refractivity contribution in [2.75, 3.05) is 25.0 Å². The predicted molar refractivity (Wildman–Crippen MR) is 122 cm³/mol. The van der Waals surface area contributed by atoms with Crippen LogP contribution in [0.15, 0.2) is 35.6 Å². The zero-order valence-corrected chi connectivity index (χ0v) is 19.3. The van der Waals surface area contributed by atoms with E-state index in [4.69, 9.17) is 4.74 Å². The number of pyridine rings is 1. The molecule has 2 atom stereocenters. The Balaban J connectivity index is 0.00000280. The Labute approximate surface area is 183 Å². The Morgan fingerprint density at radius 2 is 1.89 bits per heavy atom. The first-order chi connectivity index (χ1) is 13.0. The van der Waals surface area contributed by atoms with E-state index in [9.17, 15) is 0 Å². The molecule has 2 N–H and O–H groups in total. The molecule has 0 radical (unpaired) electrons. The van der Waals surface area contributed by atoms with Gasteiger partial charge in [0.2, 0.25) is 0 Å². The van der Waals surface area contributed by atoms with Crippen molar-refractivity contribution in [2.24, 2.45) is 12.0 Å². The molecule has 1 saturated heterocycles. The van der Waals surface area contributed by atoms with E-state index < -0.39 is 0 Å². The molecule has 28 heavy (non-hydrogen) atoms. The topological polar surface area (TPSA) is 79.6 Å². The van der Waals surface area contributed by atoms with E-state index in [1.807, 2.05) is 24.0 Å². The van der Waals surface area contributed by atoms with E-state index in [2.05, 4.69) is 56.6 Å². The van der Waals surface area contributed by atoms with Crippen LogP contribution in [0.5, 0.6) is 0 Å². The third-order valence-electron chi connectivity index (χ3n) is 4.60. The van der Waals surface area contributed by atoms with Crippen molar-refractivity contribution in [2.45, 2.75) is 39.1 Å². The Morgan fingerprint density at radius 1 is 1.18 bits per heavy atom. The quantitative estimate of drug-likeness (QED) is 0.372. The number of aliphatic imine (C=N–C) groups is 1. The van der Waals surface area contributed by atoms with Crippen LogP contribution in [0.4, 0.5) is 5.82 Å². The van der Waals surface area contributed by atoms with Gasteiger partial charge in [-0.15, -0.1) is 24.0 Å². The first-order valence-corrected chi connectivity index (χ1v) is 9.32. The summed E-state index contributed by atoms with van der Waals surface area (Å²) in [4.78, 5) is 11.2. The monoisotopic (exact) mass is 499 g/mol. The molecule has 1 aliphatic rings. The number of guanidine groups is 1. The summed E-state index contributed by atoms with van der Waals surface area (Å²) in [6.07, 6.45) is 4.16. The normalized spacial score (nSPS) is 19.9. The Morgan fingerprint density at radius 3 is 2.46 bits per heavy atom. The van der Waals surface area contributed by atoms with Gasteiger partial charge in [-0.3, -0.25) is 9.67 Å². The summed E-state index contributed by atoms with van der Waals surface area (Å²) in [5.41, 5.74) is 2.20. The summed E-state index contributed by atoms with van der Waals surface area (Å²) in [6, 6.07) is 6.17. The molecule has 1 aliphatic heterocycles. The number of hydrogen-bond acceptors (Lipinski definition) is 5. The molecule has 9 heteroatoms. The number of rotatable bonds is 5. The summed E-state index contributed by atoms with van der Waals surface area (Å²) in [5, 5.41) is 10.8. The Kier molecular flexibility index (Phi) is 8.49. The minimum Gasteiger partial charge on any atom is -0.372 e. The number of morpholine rings is 1. The van der Waals surface area contributed by atoms with Gasteiger partial charge in [-0.05, 0) is 31.5 Å². The summed E-state index contributed by atoms with van der Waals surface area (Å²) in [7, 11) is 3.69. The number of hydrogen-bond donors (Lipinski definition) is 2. The van der Waals surface area contributed by atoms with E-state index in [0.717, 1.165) is 36.1 Å². The molecule has 0 saturated carbocycles. The third kappa shape index (κ3) is 6.06. The summed E-state index contributed by atoms with van der Waals surface area (Å²) < 4.78 is 7.63. The van der Waals surface area contributed by atoms with Crippen molar-refractivity contribution in [3.05, 3.63) is 41.9 Å². The lowest BCUT2D eigenvalue weighted by Gasteiger charge is -2.36. The highest BCUT2D eigenvalue weighted by molar-refractivity contribution is 14.0. The molecular weight excluding hydrogens is 469 g/mol. The molecule has 0 aliphatic carbocycles. The van der Waals surface area contributed by atoms with Crippen LogP contribution in [0.25, 0.3) is 0 Å². The standard InChI is InChI=1S/C19H29N7O.HI/c1-14-12-26(13-15(2)27-14)18-6-5-16(9-21-18)10-22-19(20-3)23-11-17-7-8-24-25(17)4;/h5-9,14-15H,10-13H2,1-4H3,(H2,20,22,23);1H. The number of nitrogens with zero attached hydrogens (tertiary/aromatic N) is 5. The molecule has 8 nitrogen and oxygen atoms in total. The smallest absolute Gasteiger partial charge is 0.191 e. The number of aromatic nitrogens is 3. The zero-order chi connectivity index (χ0) is 19.2. The summed E-state index contributed by atoms with van der Waals surface area (Å²) in [6.45, 7) is 7.28. The van der Waals surface area contributed by atoms with Crippen LogP contribution in [-0.2, 0) is 24.9 Å². The first-order valence-electron chi connectivity index (χ1n) is 9.32. The summed E-state index contributed by atoms with van der Waals surface area (Å²) >= 11 is 0. The van der Waals surface area contributed by atoms with E-state index in [0.29, 0.717) is 13.1 Å². The van der Waals surface area contributed by atoms with Crippen molar-refractivity contribution in [3.8, 4) is 0 Å². The van der Waals surface area contributed by atoms with E-state index in [-0.39, 0.29) is 36.2 Å². The second-order valence-electron chi connectivity index (χ2n) is 6.91. The molecule has 2 aromatic heterocycles. The van der Waals surface area contributed by atoms with E-state index in [1.165, 1.54) is 0 Å². The van der Waals surface area contributed by atoms with Crippen LogP contribution >= 0.6 is 24.0 Å². The molecule has 3 heterocycles. The van der Waals surface area contributed by atoms with Gasteiger partial charge in [-0.25, -0.2) is 4.98 Å². The van der Waals surface area contributed by atoms with Crippen LogP contribution in [0, 0.1) is 0 Å². The molecule has 2 unspecified atom stereocenters. The largest absolute Gasteiger partial charge is 0.372 e. The van der Waals surface area contributed by atoms with Gasteiger partial charge in [0.1, 0.15) is 5.82 Å². The van der Waals surface area contributed by atoms with Gasteiger partial charge < -0.3 is 20.3 Å². The SMILES string of the molecule is CN=C(NCc1ccc(N2CC(C)OC(C)C2)nc1)NCc1ccnn1C.I. The zero-order valence-electron chi connectivity index (χ0n) is 16.9. The minimum absolute atomic E-state index is 0. The van der Waals surface area contributed by atoms with Gasteiger partial charge in [0, 0.05) is 46.1 Å². The average Bonchev–Trinajstić information content (AvgIpc) is 3.06. The van der Waals surface area contributed by atoms with E-state index in [1.54, 1.807) is 13.2 Å². The molecule has 0 spiro atoms. The molecular formula is C19H30IN7O. The highest BCUT2D eigenvalue weighted by Gasteiger charge is 2.22. The van der Waals surface area contributed by atoms with Crippen LogP contribution in [0.1, 0.15) is 25.1 Å². The fourth-order valence-electron chi connectivity index (χ4n) is 3.23.